The van der Waals surface area contributed by atoms with Crippen molar-refractivity contribution in [2.75, 3.05) is 7.05 Å². The van der Waals surface area contributed by atoms with Crippen LogP contribution in [0, 0.1) is 0 Å². The van der Waals surface area contributed by atoms with E-state index in [4.69, 9.17) is 0 Å². The number of rotatable bonds is 5. The van der Waals surface area contributed by atoms with Crippen LogP contribution in [0.3, 0.4) is 0 Å². The van der Waals surface area contributed by atoms with Crippen LogP contribution in [0.1, 0.15) is 46.5 Å². The lowest BCUT2D eigenvalue weighted by Crippen LogP contribution is -2.26. The summed E-state index contributed by atoms with van der Waals surface area (Å²) in [5.41, 5.74) is 0. The molecule has 0 aromatic carbocycles. The van der Waals surface area contributed by atoms with Gasteiger partial charge in [0, 0.05) is 12.5 Å². The third-order valence-electron chi connectivity index (χ3n) is 1.82. The largest absolute Gasteiger partial charge is 0.389 e. The van der Waals surface area contributed by atoms with Gasteiger partial charge in [-0.3, -0.25) is 0 Å². The normalized spacial score (nSPS) is 13.1. The van der Waals surface area contributed by atoms with Gasteiger partial charge in [-0.1, -0.05) is 27.2 Å². The third-order valence-corrected chi connectivity index (χ3v) is 1.82. The molecule has 4 heteroatoms. The molecule has 0 rings (SSSR count). The third kappa shape index (κ3) is 11.8. The molecule has 1 nitrogen and oxygen atoms in total. The summed E-state index contributed by atoms with van der Waals surface area (Å²) in [6, 6.07) is 0.0108. The van der Waals surface area contributed by atoms with E-state index in [-0.39, 0.29) is 12.5 Å². The average Bonchev–Trinajstić information content (AvgIpc) is 2.14. The molecule has 88 valence electrons. The van der Waals surface area contributed by atoms with Gasteiger partial charge in [0.05, 0.1) is 0 Å². The van der Waals surface area contributed by atoms with E-state index in [2.05, 4.69) is 5.32 Å². The molecule has 0 aromatic rings. The van der Waals surface area contributed by atoms with Crippen LogP contribution in [0.15, 0.2) is 0 Å². The molecule has 0 fully saturated rings. The second-order valence-electron chi connectivity index (χ2n) is 2.93. The Morgan fingerprint density at radius 1 is 1.14 bits per heavy atom. The van der Waals surface area contributed by atoms with Gasteiger partial charge >= 0.3 is 6.18 Å². The highest BCUT2D eigenvalue weighted by molar-refractivity contribution is 4.65. The molecule has 0 saturated carbocycles. The second kappa shape index (κ2) is 9.31. The summed E-state index contributed by atoms with van der Waals surface area (Å²) in [4.78, 5) is 0. The van der Waals surface area contributed by atoms with Gasteiger partial charge in [-0.15, -0.1) is 0 Å². The van der Waals surface area contributed by atoms with Gasteiger partial charge < -0.3 is 5.32 Å². The predicted octanol–water partition coefficient (Wildman–Crippen LogP) is 3.74. The van der Waals surface area contributed by atoms with Gasteiger partial charge in [-0.2, -0.15) is 13.2 Å². The lowest BCUT2D eigenvalue weighted by atomic mass is 10.1. The van der Waals surface area contributed by atoms with E-state index in [1.54, 1.807) is 7.05 Å². The maximum absolute atomic E-state index is 11.8. The number of nitrogens with one attached hydrogen (secondary N) is 1. The van der Waals surface area contributed by atoms with Crippen molar-refractivity contribution >= 4 is 0 Å². The average molecular weight is 213 g/mol. The van der Waals surface area contributed by atoms with Crippen molar-refractivity contribution < 1.29 is 13.2 Å². The van der Waals surface area contributed by atoms with Gasteiger partial charge in [0.25, 0.3) is 0 Å². The second-order valence-corrected chi connectivity index (χ2v) is 2.93. The van der Waals surface area contributed by atoms with Crippen LogP contribution in [0.4, 0.5) is 13.2 Å². The Labute approximate surface area is 85.1 Å². The highest BCUT2D eigenvalue weighted by Gasteiger charge is 2.27. The standard InChI is InChI=1S/C8H16F3N.C2H6/c1-3-4-7(12-2)5-6-8(9,10)11;1-2/h7,12H,3-6H2,1-2H3;1-2H3. The van der Waals surface area contributed by atoms with Crippen LogP contribution < -0.4 is 5.32 Å². The Morgan fingerprint density at radius 3 is 1.93 bits per heavy atom. The fourth-order valence-corrected chi connectivity index (χ4v) is 1.12. The van der Waals surface area contributed by atoms with Crippen molar-refractivity contribution in [2.45, 2.75) is 58.7 Å². The Hall–Kier alpha value is -0.250. The van der Waals surface area contributed by atoms with Crippen molar-refractivity contribution in [1.29, 1.82) is 0 Å². The molecule has 1 N–H and O–H groups in total. The van der Waals surface area contributed by atoms with Gasteiger partial charge in [0.1, 0.15) is 0 Å². The topological polar surface area (TPSA) is 12.0 Å². The molecule has 1 atom stereocenters. The molecular formula is C10H22F3N. The summed E-state index contributed by atoms with van der Waals surface area (Å²) >= 11 is 0. The van der Waals surface area contributed by atoms with E-state index in [0.717, 1.165) is 12.8 Å². The van der Waals surface area contributed by atoms with Crippen LogP contribution in [-0.2, 0) is 0 Å². The quantitative estimate of drug-likeness (QED) is 0.733. The number of alkyl halides is 3. The Kier molecular flexibility index (Phi) is 10.8. The molecule has 0 saturated heterocycles. The molecule has 0 spiro atoms. The Balaban J connectivity index is 0. The van der Waals surface area contributed by atoms with Gasteiger partial charge in [-0.25, -0.2) is 0 Å². The predicted molar refractivity (Wildman–Crippen MR) is 54.4 cm³/mol. The lowest BCUT2D eigenvalue weighted by Gasteiger charge is -2.15. The summed E-state index contributed by atoms with van der Waals surface area (Å²) < 4.78 is 35.3. The monoisotopic (exact) mass is 213 g/mol. The number of halogens is 3. The zero-order chi connectivity index (χ0) is 11.6. The fourth-order valence-electron chi connectivity index (χ4n) is 1.12. The highest BCUT2D eigenvalue weighted by Crippen LogP contribution is 2.22. The molecule has 0 radical (unpaired) electrons. The molecular weight excluding hydrogens is 191 g/mol. The van der Waals surface area contributed by atoms with Gasteiger partial charge in [-0.05, 0) is 19.9 Å². The van der Waals surface area contributed by atoms with Gasteiger partial charge in [0.15, 0.2) is 0 Å². The van der Waals surface area contributed by atoms with E-state index in [0.29, 0.717) is 0 Å². The van der Waals surface area contributed by atoms with E-state index in [9.17, 15) is 13.2 Å². The first-order chi connectivity index (χ1) is 6.49. The number of hydrogen-bond acceptors (Lipinski definition) is 1. The fraction of sp³-hybridized carbons (Fsp3) is 1.00. The summed E-state index contributed by atoms with van der Waals surface area (Å²) in [5, 5.41) is 2.88. The van der Waals surface area contributed by atoms with Crippen LogP contribution in [0.25, 0.3) is 0 Å². The first kappa shape index (κ1) is 16.2. The summed E-state index contributed by atoms with van der Waals surface area (Å²) in [5.74, 6) is 0. The minimum atomic E-state index is -4.01. The maximum Gasteiger partial charge on any atom is 0.389 e. The van der Waals surface area contributed by atoms with E-state index in [1.807, 2.05) is 20.8 Å². The molecule has 0 aromatic heterocycles. The molecule has 0 aliphatic carbocycles. The summed E-state index contributed by atoms with van der Waals surface area (Å²) in [6.07, 6.45) is -2.77. The minimum Gasteiger partial charge on any atom is -0.317 e. The first-order valence-electron chi connectivity index (χ1n) is 5.23. The zero-order valence-corrected chi connectivity index (χ0v) is 9.54. The number of hydrogen-bond donors (Lipinski definition) is 1. The van der Waals surface area contributed by atoms with Crippen LogP contribution >= 0.6 is 0 Å². The van der Waals surface area contributed by atoms with Crippen molar-refractivity contribution in [1.82, 2.24) is 5.32 Å². The molecule has 0 bridgehead atoms. The smallest absolute Gasteiger partial charge is 0.317 e. The van der Waals surface area contributed by atoms with Crippen molar-refractivity contribution in [3.8, 4) is 0 Å². The Bertz CT molecular complexity index is 112. The molecule has 14 heavy (non-hydrogen) atoms. The van der Waals surface area contributed by atoms with Crippen molar-refractivity contribution in [2.24, 2.45) is 0 Å². The van der Waals surface area contributed by atoms with Crippen molar-refractivity contribution in [3.63, 3.8) is 0 Å². The molecule has 0 aliphatic rings. The lowest BCUT2D eigenvalue weighted by molar-refractivity contribution is -0.136. The molecule has 0 amide bonds. The maximum atomic E-state index is 11.8. The van der Waals surface area contributed by atoms with E-state index < -0.39 is 12.6 Å². The molecule has 0 aliphatic heterocycles. The molecule has 1 unspecified atom stereocenters. The highest BCUT2D eigenvalue weighted by atomic mass is 19.4. The summed E-state index contributed by atoms with van der Waals surface area (Å²) in [6.45, 7) is 5.97. The Morgan fingerprint density at radius 2 is 1.64 bits per heavy atom. The SMILES string of the molecule is CC.CCCC(CCC(F)(F)F)NC. The van der Waals surface area contributed by atoms with Crippen LogP contribution in [0.5, 0.6) is 0 Å². The van der Waals surface area contributed by atoms with E-state index in [1.165, 1.54) is 0 Å². The first-order valence-corrected chi connectivity index (χ1v) is 5.23. The van der Waals surface area contributed by atoms with Crippen LogP contribution in [0.2, 0.25) is 0 Å². The summed E-state index contributed by atoms with van der Waals surface area (Å²) in [7, 11) is 1.71. The molecule has 0 heterocycles. The van der Waals surface area contributed by atoms with Crippen molar-refractivity contribution in [3.05, 3.63) is 0 Å². The van der Waals surface area contributed by atoms with E-state index >= 15 is 0 Å². The van der Waals surface area contributed by atoms with Gasteiger partial charge in [0.2, 0.25) is 0 Å². The van der Waals surface area contributed by atoms with Crippen LogP contribution in [-0.4, -0.2) is 19.3 Å². The minimum absolute atomic E-state index is 0.0108. The zero-order valence-electron chi connectivity index (χ0n) is 9.54.